The highest BCUT2D eigenvalue weighted by Gasteiger charge is 2.17. The van der Waals surface area contributed by atoms with Crippen molar-refractivity contribution in [2.24, 2.45) is 0 Å². The molecule has 0 aromatic heterocycles. The van der Waals surface area contributed by atoms with E-state index < -0.39 is 0 Å². The zero-order chi connectivity index (χ0) is 18.4. The molecule has 0 atom stereocenters. The summed E-state index contributed by atoms with van der Waals surface area (Å²) >= 11 is 6.09. The molecule has 2 aromatic rings. The van der Waals surface area contributed by atoms with Crippen molar-refractivity contribution in [1.82, 2.24) is 5.32 Å². The Labute approximate surface area is 154 Å². The van der Waals surface area contributed by atoms with Gasteiger partial charge in [0.25, 0.3) is 0 Å². The fraction of sp³-hybridized carbons (Fsp3) is 0.400. The third-order valence-corrected chi connectivity index (χ3v) is 4.66. The summed E-state index contributed by atoms with van der Waals surface area (Å²) < 4.78 is 24.6. The molecule has 0 fully saturated rings. The Balaban J connectivity index is 2.20. The smallest absolute Gasteiger partial charge is 0.166 e. The van der Waals surface area contributed by atoms with Gasteiger partial charge >= 0.3 is 0 Å². The minimum atomic E-state index is -0.363. The fourth-order valence-corrected chi connectivity index (χ4v) is 2.49. The van der Waals surface area contributed by atoms with Crippen LogP contribution in [0.5, 0.6) is 11.5 Å². The number of rotatable bonds is 8. The Kier molecular flexibility index (Phi) is 6.68. The first-order valence-electron chi connectivity index (χ1n) is 8.34. The predicted molar refractivity (Wildman–Crippen MR) is 99.9 cm³/mol. The van der Waals surface area contributed by atoms with Crippen molar-refractivity contribution in [3.05, 3.63) is 58.4 Å². The minimum absolute atomic E-state index is 0.0284. The number of methoxy groups -OCH3 is 1. The largest absolute Gasteiger partial charge is 0.493 e. The lowest BCUT2D eigenvalue weighted by molar-refractivity contribution is 0.278. The van der Waals surface area contributed by atoms with E-state index in [1.807, 2.05) is 18.2 Å². The van der Waals surface area contributed by atoms with E-state index in [9.17, 15) is 4.39 Å². The molecule has 0 aliphatic carbocycles. The van der Waals surface area contributed by atoms with Crippen LogP contribution in [0.2, 0.25) is 5.02 Å². The van der Waals surface area contributed by atoms with Gasteiger partial charge in [-0.25, -0.2) is 4.39 Å². The van der Waals surface area contributed by atoms with E-state index in [4.69, 9.17) is 21.1 Å². The highest BCUT2D eigenvalue weighted by Crippen LogP contribution is 2.33. The van der Waals surface area contributed by atoms with Gasteiger partial charge in [0.05, 0.1) is 12.1 Å². The Hall–Kier alpha value is -1.78. The maximum absolute atomic E-state index is 13.2. The number of benzene rings is 2. The summed E-state index contributed by atoms with van der Waals surface area (Å²) in [5.41, 5.74) is 1.75. The van der Waals surface area contributed by atoms with Crippen molar-refractivity contribution < 1.29 is 13.9 Å². The first kappa shape index (κ1) is 19.5. The molecule has 5 heteroatoms. The van der Waals surface area contributed by atoms with E-state index in [0.717, 1.165) is 17.5 Å². The highest BCUT2D eigenvalue weighted by molar-refractivity contribution is 6.31. The van der Waals surface area contributed by atoms with E-state index in [1.54, 1.807) is 13.2 Å². The van der Waals surface area contributed by atoms with Crippen LogP contribution in [-0.4, -0.2) is 12.6 Å². The summed E-state index contributed by atoms with van der Waals surface area (Å²) in [7, 11) is 1.61. The summed E-state index contributed by atoms with van der Waals surface area (Å²) in [4.78, 5) is 0. The number of hydrogen-bond acceptors (Lipinski definition) is 3. The van der Waals surface area contributed by atoms with E-state index in [-0.39, 0.29) is 18.0 Å². The van der Waals surface area contributed by atoms with Gasteiger partial charge in [-0.15, -0.1) is 0 Å². The highest BCUT2D eigenvalue weighted by atomic mass is 35.5. The Morgan fingerprint density at radius 2 is 1.92 bits per heavy atom. The maximum atomic E-state index is 13.2. The molecule has 0 heterocycles. The Morgan fingerprint density at radius 3 is 2.56 bits per heavy atom. The number of ether oxygens (including phenoxy) is 2. The summed E-state index contributed by atoms with van der Waals surface area (Å²) in [6.07, 6.45) is 1.01. The normalized spacial score (nSPS) is 11.4. The molecule has 25 heavy (non-hydrogen) atoms. The molecular weight excluding hydrogens is 341 g/mol. The molecule has 2 rings (SSSR count). The number of halogens is 2. The van der Waals surface area contributed by atoms with Crippen LogP contribution in [0.4, 0.5) is 4.39 Å². The first-order valence-corrected chi connectivity index (χ1v) is 8.71. The average Bonchev–Trinajstić information content (AvgIpc) is 2.59. The molecule has 0 bridgehead atoms. The molecule has 0 spiro atoms. The summed E-state index contributed by atoms with van der Waals surface area (Å²) in [5.74, 6) is 0.967. The lowest BCUT2D eigenvalue weighted by Crippen LogP contribution is -2.37. The predicted octanol–water partition coefficient (Wildman–Crippen LogP) is 5.34. The number of hydrogen-bond donors (Lipinski definition) is 1. The molecule has 136 valence electrons. The molecule has 0 saturated carbocycles. The molecular formula is C20H25ClFNO2. The second-order valence-corrected chi connectivity index (χ2v) is 6.97. The second-order valence-electron chi connectivity index (χ2n) is 6.56. The molecule has 3 nitrogen and oxygen atoms in total. The minimum Gasteiger partial charge on any atom is -0.493 e. The molecule has 0 aliphatic heterocycles. The third-order valence-electron chi connectivity index (χ3n) is 4.31. The van der Waals surface area contributed by atoms with Crippen molar-refractivity contribution in [2.75, 3.05) is 7.11 Å². The van der Waals surface area contributed by atoms with Crippen molar-refractivity contribution in [2.45, 2.75) is 45.9 Å². The van der Waals surface area contributed by atoms with E-state index in [2.05, 4.69) is 26.1 Å². The van der Waals surface area contributed by atoms with E-state index in [0.29, 0.717) is 23.1 Å². The summed E-state index contributed by atoms with van der Waals surface area (Å²) in [5, 5.41) is 3.87. The SMILES string of the molecule is CCC(C)(C)NCc1cccc(OC)c1OCc1ccc(F)cc1Cl. The van der Waals surface area contributed by atoms with Gasteiger partial charge in [0.2, 0.25) is 0 Å². The van der Waals surface area contributed by atoms with Crippen LogP contribution >= 0.6 is 11.6 Å². The zero-order valence-electron chi connectivity index (χ0n) is 15.2. The van der Waals surface area contributed by atoms with E-state index >= 15 is 0 Å². The van der Waals surface area contributed by atoms with Gasteiger partial charge in [0, 0.05) is 23.2 Å². The van der Waals surface area contributed by atoms with Gasteiger partial charge in [0.15, 0.2) is 11.5 Å². The molecule has 0 amide bonds. The third kappa shape index (κ3) is 5.35. The molecule has 1 N–H and O–H groups in total. The molecule has 0 unspecified atom stereocenters. The lowest BCUT2D eigenvalue weighted by Gasteiger charge is -2.25. The number of para-hydroxylation sites is 1. The standard InChI is InChI=1S/C20H25ClFNO2/c1-5-20(2,3)23-12-14-7-6-8-18(24-4)19(14)25-13-15-9-10-16(22)11-17(15)21/h6-11,23H,5,12-13H2,1-4H3. The van der Waals surface area contributed by atoms with Gasteiger partial charge in [-0.2, -0.15) is 0 Å². The number of nitrogens with one attached hydrogen (secondary N) is 1. The van der Waals surface area contributed by atoms with Gasteiger partial charge in [0.1, 0.15) is 12.4 Å². The summed E-state index contributed by atoms with van der Waals surface area (Å²) in [6.45, 7) is 7.36. The Bertz CT molecular complexity index is 719. The van der Waals surface area contributed by atoms with E-state index in [1.165, 1.54) is 12.1 Å². The lowest BCUT2D eigenvalue weighted by atomic mass is 10.0. The van der Waals surface area contributed by atoms with Crippen molar-refractivity contribution in [3.63, 3.8) is 0 Å². The topological polar surface area (TPSA) is 30.5 Å². The van der Waals surface area contributed by atoms with Gasteiger partial charge in [-0.3, -0.25) is 0 Å². The van der Waals surface area contributed by atoms with Crippen LogP contribution in [0, 0.1) is 5.82 Å². The Morgan fingerprint density at radius 1 is 1.16 bits per heavy atom. The molecule has 0 saturated heterocycles. The second kappa shape index (κ2) is 8.54. The maximum Gasteiger partial charge on any atom is 0.166 e. The molecule has 0 aliphatic rings. The van der Waals surface area contributed by atoms with Crippen LogP contribution in [0.15, 0.2) is 36.4 Å². The van der Waals surface area contributed by atoms with Crippen LogP contribution in [-0.2, 0) is 13.2 Å². The van der Waals surface area contributed by atoms with Crippen LogP contribution < -0.4 is 14.8 Å². The zero-order valence-corrected chi connectivity index (χ0v) is 15.9. The quantitative estimate of drug-likeness (QED) is 0.684. The van der Waals surface area contributed by atoms with Crippen LogP contribution in [0.25, 0.3) is 0 Å². The van der Waals surface area contributed by atoms with Crippen molar-refractivity contribution >= 4 is 11.6 Å². The van der Waals surface area contributed by atoms with Gasteiger partial charge in [-0.05, 0) is 38.5 Å². The summed E-state index contributed by atoms with van der Waals surface area (Å²) in [6, 6.07) is 10.1. The van der Waals surface area contributed by atoms with Gasteiger partial charge < -0.3 is 14.8 Å². The van der Waals surface area contributed by atoms with Crippen molar-refractivity contribution in [1.29, 1.82) is 0 Å². The first-order chi connectivity index (χ1) is 11.9. The average molecular weight is 366 g/mol. The monoisotopic (exact) mass is 365 g/mol. The van der Waals surface area contributed by atoms with Gasteiger partial charge in [-0.1, -0.05) is 36.7 Å². The molecule has 0 radical (unpaired) electrons. The molecule has 2 aromatic carbocycles. The fourth-order valence-electron chi connectivity index (χ4n) is 2.27. The van der Waals surface area contributed by atoms with Crippen LogP contribution in [0.1, 0.15) is 38.3 Å². The van der Waals surface area contributed by atoms with Crippen LogP contribution in [0.3, 0.4) is 0 Å². The van der Waals surface area contributed by atoms with Crippen molar-refractivity contribution in [3.8, 4) is 11.5 Å².